The number of anilines is 1. The van der Waals surface area contributed by atoms with E-state index in [2.05, 4.69) is 11.8 Å². The van der Waals surface area contributed by atoms with Gasteiger partial charge in [-0.15, -0.1) is 0 Å². The van der Waals surface area contributed by atoms with Crippen LogP contribution in [-0.4, -0.2) is 22.3 Å². The second-order valence-electron chi connectivity index (χ2n) is 6.07. The number of nitrogens with zero attached hydrogens (tertiary/aromatic N) is 1. The van der Waals surface area contributed by atoms with Gasteiger partial charge >= 0.3 is 0 Å². The van der Waals surface area contributed by atoms with Gasteiger partial charge in [-0.2, -0.15) is 0 Å². The molecule has 1 saturated carbocycles. The topological polar surface area (TPSA) is 43.7 Å². The van der Waals surface area contributed by atoms with Crippen LogP contribution in [0.2, 0.25) is 0 Å². The first-order valence-corrected chi connectivity index (χ1v) is 7.41. The Kier molecular flexibility index (Phi) is 3.50. The van der Waals surface area contributed by atoms with Crippen LogP contribution in [0.4, 0.5) is 5.69 Å². The highest BCUT2D eigenvalue weighted by Crippen LogP contribution is 2.42. The Labute approximate surface area is 114 Å². The van der Waals surface area contributed by atoms with E-state index in [9.17, 15) is 0 Å². The molecule has 3 atom stereocenters. The summed E-state index contributed by atoms with van der Waals surface area (Å²) in [6.07, 6.45) is 5.34. The van der Waals surface area contributed by atoms with Gasteiger partial charge in [0, 0.05) is 23.3 Å². The Morgan fingerprint density at radius 1 is 1.11 bits per heavy atom. The largest absolute Gasteiger partial charge is 0.366 e. The molecule has 0 amide bonds. The van der Waals surface area contributed by atoms with E-state index in [1.165, 1.54) is 37.8 Å². The third-order valence-electron chi connectivity index (χ3n) is 4.83. The van der Waals surface area contributed by atoms with Crippen LogP contribution < -0.4 is 4.90 Å². The van der Waals surface area contributed by atoms with Crippen molar-refractivity contribution in [1.29, 1.82) is 0 Å². The third-order valence-corrected chi connectivity index (χ3v) is 4.83. The lowest BCUT2D eigenvalue weighted by atomic mass is 9.85. The summed E-state index contributed by atoms with van der Waals surface area (Å²) in [6, 6.07) is 8.99. The second kappa shape index (κ2) is 5.14. The molecule has 3 heteroatoms. The van der Waals surface area contributed by atoms with Crippen molar-refractivity contribution < 1.29 is 10.2 Å². The van der Waals surface area contributed by atoms with E-state index in [-0.39, 0.29) is 0 Å². The zero-order valence-corrected chi connectivity index (χ0v) is 11.5. The minimum absolute atomic E-state index is 0.566. The number of aliphatic hydroxyl groups excluding tert-OH is 1. The van der Waals surface area contributed by atoms with Crippen molar-refractivity contribution in [2.24, 2.45) is 5.92 Å². The molecule has 2 aliphatic rings. The number of aliphatic hydroxyl groups is 2. The van der Waals surface area contributed by atoms with Gasteiger partial charge in [0.25, 0.3) is 0 Å². The van der Waals surface area contributed by atoms with Crippen molar-refractivity contribution >= 4 is 5.69 Å². The highest BCUT2D eigenvalue weighted by Gasteiger charge is 2.39. The smallest absolute Gasteiger partial charge is 0.178 e. The van der Waals surface area contributed by atoms with Crippen LogP contribution in [0.5, 0.6) is 0 Å². The Hall–Kier alpha value is -1.06. The van der Waals surface area contributed by atoms with Gasteiger partial charge in [0.05, 0.1) is 0 Å². The van der Waals surface area contributed by atoms with Gasteiger partial charge in [-0.1, -0.05) is 25.0 Å². The quantitative estimate of drug-likeness (QED) is 0.805. The molecule has 1 aromatic carbocycles. The fourth-order valence-electron chi connectivity index (χ4n) is 3.97. The van der Waals surface area contributed by atoms with E-state index in [4.69, 9.17) is 10.2 Å². The van der Waals surface area contributed by atoms with E-state index in [1.807, 2.05) is 24.3 Å². The Balaban J connectivity index is 1.83. The molecule has 3 nitrogen and oxygen atoms in total. The lowest BCUT2D eigenvalue weighted by Crippen LogP contribution is -2.37. The molecule has 3 rings (SSSR count). The van der Waals surface area contributed by atoms with Gasteiger partial charge in [0.2, 0.25) is 0 Å². The molecule has 0 spiro atoms. The maximum Gasteiger partial charge on any atom is 0.178 e. The van der Waals surface area contributed by atoms with Crippen LogP contribution in [0.1, 0.15) is 50.9 Å². The number of fused-ring (bicyclic) bond motifs is 1. The highest BCUT2D eigenvalue weighted by atomic mass is 16.5. The van der Waals surface area contributed by atoms with Gasteiger partial charge in [-0.25, -0.2) is 0 Å². The molecule has 1 saturated heterocycles. The predicted octanol–water partition coefficient (Wildman–Crippen LogP) is 2.83. The summed E-state index contributed by atoms with van der Waals surface area (Å²) in [5, 5.41) is 18.3. The normalized spacial score (nSPS) is 30.7. The summed E-state index contributed by atoms with van der Waals surface area (Å²) in [7, 11) is 0. The zero-order chi connectivity index (χ0) is 13.4. The summed E-state index contributed by atoms with van der Waals surface area (Å²) in [4.78, 5) is 2.55. The average Bonchev–Trinajstić information content (AvgIpc) is 2.74. The zero-order valence-electron chi connectivity index (χ0n) is 11.5. The van der Waals surface area contributed by atoms with Crippen LogP contribution in [0.15, 0.2) is 24.3 Å². The number of rotatable bonds is 2. The molecule has 1 aromatic rings. The molecule has 0 radical (unpaired) electrons. The third kappa shape index (κ3) is 2.37. The lowest BCUT2D eigenvalue weighted by Gasteiger charge is -2.35. The SMILES string of the molecule is CC1CC2CCCCC2N1c1ccc(C(O)O)cc1. The van der Waals surface area contributed by atoms with Crippen molar-refractivity contribution in [3.05, 3.63) is 29.8 Å². The summed E-state index contributed by atoms with van der Waals surface area (Å²) in [6.45, 7) is 2.31. The molecular weight excluding hydrogens is 238 g/mol. The van der Waals surface area contributed by atoms with Crippen molar-refractivity contribution in [1.82, 2.24) is 0 Å². The molecule has 104 valence electrons. The molecule has 2 N–H and O–H groups in total. The fraction of sp³-hybridized carbons (Fsp3) is 0.625. The minimum Gasteiger partial charge on any atom is -0.366 e. The van der Waals surface area contributed by atoms with Crippen LogP contribution in [0.3, 0.4) is 0 Å². The average molecular weight is 261 g/mol. The standard InChI is InChI=1S/C16H23NO2/c1-11-10-13-4-2-3-5-15(13)17(11)14-8-6-12(7-9-14)16(18)19/h6-9,11,13,15-16,18-19H,2-5,10H2,1H3. The minimum atomic E-state index is -1.37. The number of benzene rings is 1. The maximum atomic E-state index is 9.16. The predicted molar refractivity (Wildman–Crippen MR) is 75.9 cm³/mol. The van der Waals surface area contributed by atoms with Crippen molar-refractivity contribution in [2.45, 2.75) is 57.4 Å². The van der Waals surface area contributed by atoms with Crippen LogP contribution >= 0.6 is 0 Å². The fourth-order valence-corrected chi connectivity index (χ4v) is 3.97. The molecule has 1 aliphatic heterocycles. The first-order chi connectivity index (χ1) is 9.16. The number of hydrogen-bond donors (Lipinski definition) is 2. The number of hydrogen-bond acceptors (Lipinski definition) is 3. The molecular formula is C16H23NO2. The van der Waals surface area contributed by atoms with Crippen LogP contribution in [0, 0.1) is 5.92 Å². The molecule has 1 heterocycles. The molecule has 3 unspecified atom stereocenters. The molecule has 19 heavy (non-hydrogen) atoms. The van der Waals surface area contributed by atoms with Gasteiger partial charge in [-0.3, -0.25) is 0 Å². The van der Waals surface area contributed by atoms with E-state index < -0.39 is 6.29 Å². The Morgan fingerprint density at radius 2 is 1.79 bits per heavy atom. The summed E-state index contributed by atoms with van der Waals surface area (Å²) < 4.78 is 0. The van der Waals surface area contributed by atoms with Crippen molar-refractivity contribution in [2.75, 3.05) is 4.90 Å². The van der Waals surface area contributed by atoms with Gasteiger partial charge < -0.3 is 15.1 Å². The Morgan fingerprint density at radius 3 is 2.47 bits per heavy atom. The second-order valence-corrected chi connectivity index (χ2v) is 6.07. The molecule has 2 fully saturated rings. The van der Waals surface area contributed by atoms with Gasteiger partial charge in [-0.05, 0) is 44.2 Å². The summed E-state index contributed by atoms with van der Waals surface area (Å²) >= 11 is 0. The first-order valence-electron chi connectivity index (χ1n) is 7.41. The van der Waals surface area contributed by atoms with Gasteiger partial charge in [0.1, 0.15) is 0 Å². The molecule has 0 aromatic heterocycles. The van der Waals surface area contributed by atoms with Crippen LogP contribution in [0.25, 0.3) is 0 Å². The maximum absolute atomic E-state index is 9.16. The molecule has 0 bridgehead atoms. The van der Waals surface area contributed by atoms with E-state index in [1.54, 1.807) is 0 Å². The Bertz CT molecular complexity index is 429. The first kappa shape index (κ1) is 12.9. The van der Waals surface area contributed by atoms with Crippen molar-refractivity contribution in [3.8, 4) is 0 Å². The van der Waals surface area contributed by atoms with Crippen LogP contribution in [-0.2, 0) is 0 Å². The lowest BCUT2D eigenvalue weighted by molar-refractivity contribution is -0.0424. The molecule has 1 aliphatic carbocycles. The summed E-state index contributed by atoms with van der Waals surface area (Å²) in [5.41, 5.74) is 1.79. The van der Waals surface area contributed by atoms with Crippen molar-refractivity contribution in [3.63, 3.8) is 0 Å². The van der Waals surface area contributed by atoms with E-state index >= 15 is 0 Å². The highest BCUT2D eigenvalue weighted by molar-refractivity contribution is 5.51. The monoisotopic (exact) mass is 261 g/mol. The van der Waals surface area contributed by atoms with E-state index in [0.717, 1.165) is 5.92 Å². The van der Waals surface area contributed by atoms with Gasteiger partial charge in [0.15, 0.2) is 6.29 Å². The van der Waals surface area contributed by atoms with E-state index in [0.29, 0.717) is 17.6 Å². The summed E-state index contributed by atoms with van der Waals surface area (Å²) in [5.74, 6) is 0.854.